The van der Waals surface area contributed by atoms with Crippen LogP contribution in [0, 0.1) is 11.6 Å². The van der Waals surface area contributed by atoms with Crippen LogP contribution in [0.3, 0.4) is 0 Å². The predicted molar refractivity (Wildman–Crippen MR) is 174 cm³/mol. The number of Topliss-reactive ketones (excluding diaryl/α,β-unsaturated/α-hetero) is 1. The zero-order valence-electron chi connectivity index (χ0n) is 26.7. The maximum atomic E-state index is 14.3. The molecule has 3 N–H and O–H groups in total. The van der Waals surface area contributed by atoms with Crippen molar-refractivity contribution < 1.29 is 37.7 Å². The Morgan fingerprint density at radius 1 is 0.739 bits per heavy atom. The van der Waals surface area contributed by atoms with Gasteiger partial charge in [0.25, 0.3) is 0 Å². The second-order valence-electron chi connectivity index (χ2n) is 11.0. The third-order valence-electron chi connectivity index (χ3n) is 8.09. The number of phenols is 1. The zero-order valence-corrected chi connectivity index (χ0v) is 26.7. The summed E-state index contributed by atoms with van der Waals surface area (Å²) in [6.45, 7) is 3.90. The second-order valence-corrected chi connectivity index (χ2v) is 11.0. The molecule has 0 heterocycles. The summed E-state index contributed by atoms with van der Waals surface area (Å²) in [4.78, 5) is 26.7. The predicted octanol–water partition coefficient (Wildman–Crippen LogP) is 7.78. The van der Waals surface area contributed by atoms with E-state index in [4.69, 9.17) is 19.9 Å². The van der Waals surface area contributed by atoms with Crippen molar-refractivity contribution in [3.63, 3.8) is 0 Å². The molecule has 0 aliphatic heterocycles. The molecule has 1 unspecified atom stereocenters. The molecule has 4 aromatic carbocycles. The van der Waals surface area contributed by atoms with E-state index in [2.05, 4.69) is 0 Å². The zero-order chi connectivity index (χ0) is 33.5. The average molecular weight is 632 g/mol. The Labute approximate surface area is 267 Å². The van der Waals surface area contributed by atoms with Gasteiger partial charge in [-0.15, -0.1) is 0 Å². The number of aromatic hydroxyl groups is 1. The molecule has 0 aliphatic rings. The van der Waals surface area contributed by atoms with Gasteiger partial charge in [-0.25, -0.2) is 8.78 Å². The van der Waals surface area contributed by atoms with Crippen LogP contribution in [0.2, 0.25) is 0 Å². The van der Waals surface area contributed by atoms with Crippen molar-refractivity contribution in [3.8, 4) is 45.3 Å². The Balaban J connectivity index is 1.80. The molecule has 4 aromatic rings. The van der Waals surface area contributed by atoms with Crippen LogP contribution in [0.25, 0.3) is 22.3 Å². The van der Waals surface area contributed by atoms with E-state index in [0.717, 1.165) is 0 Å². The summed E-state index contributed by atoms with van der Waals surface area (Å²) in [7, 11) is 4.44. The van der Waals surface area contributed by atoms with Crippen molar-refractivity contribution in [3.05, 3.63) is 94.6 Å². The summed E-state index contributed by atoms with van der Waals surface area (Å²) in [6, 6.07) is 14.9. The van der Waals surface area contributed by atoms with Crippen LogP contribution in [0.4, 0.5) is 8.78 Å². The van der Waals surface area contributed by atoms with E-state index < -0.39 is 29.2 Å². The molecule has 0 aliphatic carbocycles. The molecule has 0 radical (unpaired) electrons. The first-order chi connectivity index (χ1) is 22.1. The van der Waals surface area contributed by atoms with Gasteiger partial charge in [-0.3, -0.25) is 9.59 Å². The maximum absolute atomic E-state index is 14.3. The van der Waals surface area contributed by atoms with Crippen molar-refractivity contribution in [1.82, 2.24) is 0 Å². The Kier molecular flexibility index (Phi) is 11.0. The summed E-state index contributed by atoms with van der Waals surface area (Å²) in [5.74, 6) is -2.26. The highest BCUT2D eigenvalue weighted by Gasteiger charge is 2.30. The van der Waals surface area contributed by atoms with Gasteiger partial charge >= 0.3 is 0 Å². The number of primary amides is 1. The van der Waals surface area contributed by atoms with Crippen LogP contribution < -0.4 is 19.9 Å². The first kappa shape index (κ1) is 34.0. The molecule has 242 valence electrons. The number of phenolic OH excluding ortho intramolecular Hbond substituents is 1. The Hall–Kier alpha value is -4.92. The number of rotatable bonds is 14. The van der Waals surface area contributed by atoms with Gasteiger partial charge in [0, 0.05) is 34.2 Å². The summed E-state index contributed by atoms with van der Waals surface area (Å²) >= 11 is 0. The molecule has 1 amide bonds. The Bertz CT molecular complexity index is 1750. The molecule has 0 saturated carbocycles. The fourth-order valence-corrected chi connectivity index (χ4v) is 5.97. The number of ether oxygens (including phenoxy) is 3. The number of carbonyl (C=O) groups excluding carboxylic acids is 2. The number of methoxy groups -OCH3 is 3. The lowest BCUT2D eigenvalue weighted by Gasteiger charge is -2.23. The van der Waals surface area contributed by atoms with Crippen molar-refractivity contribution >= 4 is 11.7 Å². The Morgan fingerprint density at radius 3 is 1.76 bits per heavy atom. The summed E-state index contributed by atoms with van der Waals surface area (Å²) < 4.78 is 45.4. The van der Waals surface area contributed by atoms with E-state index in [0.29, 0.717) is 81.9 Å². The lowest BCUT2D eigenvalue weighted by atomic mass is 9.84. The minimum absolute atomic E-state index is 0.0164. The maximum Gasteiger partial charge on any atom is 0.225 e. The third-order valence-corrected chi connectivity index (χ3v) is 8.09. The molecular formula is C37H39F2NO6. The number of halogens is 2. The second kappa shape index (κ2) is 14.9. The van der Waals surface area contributed by atoms with Crippen molar-refractivity contribution in [2.75, 3.05) is 21.3 Å². The van der Waals surface area contributed by atoms with Gasteiger partial charge in [0.15, 0.2) is 5.78 Å². The van der Waals surface area contributed by atoms with E-state index in [9.17, 15) is 23.5 Å². The molecule has 0 fully saturated rings. The molecule has 0 spiro atoms. The number of amides is 1. The Morgan fingerprint density at radius 2 is 1.26 bits per heavy atom. The lowest BCUT2D eigenvalue weighted by Crippen LogP contribution is -2.25. The van der Waals surface area contributed by atoms with Crippen LogP contribution in [0.1, 0.15) is 66.1 Å². The highest BCUT2D eigenvalue weighted by atomic mass is 19.1. The van der Waals surface area contributed by atoms with Gasteiger partial charge in [0.2, 0.25) is 5.91 Å². The molecule has 0 saturated heterocycles. The van der Waals surface area contributed by atoms with Gasteiger partial charge < -0.3 is 25.1 Å². The summed E-state index contributed by atoms with van der Waals surface area (Å²) in [5.41, 5.74) is 9.65. The quantitative estimate of drug-likeness (QED) is 0.138. The van der Waals surface area contributed by atoms with Gasteiger partial charge in [-0.05, 0) is 66.4 Å². The van der Waals surface area contributed by atoms with Crippen molar-refractivity contribution in [1.29, 1.82) is 0 Å². The standard InChI is InChI=1S/C37H39F2NO6/c1-6-8-25-23(29-18-21(38)10-16-33(29)44-3)13-15-28(35(25)42)32(41)20-31(37(40)43)27-14-12-24(26(9-7-2)36(27)46-5)30-19-22(39)11-17-34(30)45-4/h10-19,31,42H,6-9,20H2,1-5H3,(H2,40,43). The monoisotopic (exact) mass is 631 g/mol. The number of benzene rings is 4. The van der Waals surface area contributed by atoms with Gasteiger partial charge in [-0.2, -0.15) is 0 Å². The number of hydrogen-bond donors (Lipinski definition) is 2. The fourth-order valence-electron chi connectivity index (χ4n) is 5.97. The summed E-state index contributed by atoms with van der Waals surface area (Å²) in [6.07, 6.45) is 1.93. The van der Waals surface area contributed by atoms with Crippen LogP contribution in [-0.4, -0.2) is 38.1 Å². The number of hydrogen-bond acceptors (Lipinski definition) is 6. The third kappa shape index (κ3) is 6.83. The topological polar surface area (TPSA) is 108 Å². The van der Waals surface area contributed by atoms with Crippen LogP contribution in [0.5, 0.6) is 23.0 Å². The van der Waals surface area contributed by atoms with E-state index in [1.807, 2.05) is 13.8 Å². The molecule has 1 atom stereocenters. The molecular weight excluding hydrogens is 592 g/mol. The highest BCUT2D eigenvalue weighted by molar-refractivity contribution is 6.03. The van der Waals surface area contributed by atoms with E-state index in [1.54, 1.807) is 24.3 Å². The normalized spacial score (nSPS) is 11.6. The fraction of sp³-hybridized carbons (Fsp3) is 0.297. The van der Waals surface area contributed by atoms with E-state index in [1.165, 1.54) is 57.7 Å². The van der Waals surface area contributed by atoms with Gasteiger partial charge in [0.1, 0.15) is 34.6 Å². The highest BCUT2D eigenvalue weighted by Crippen LogP contribution is 2.43. The number of nitrogens with two attached hydrogens (primary N) is 1. The largest absolute Gasteiger partial charge is 0.507 e. The minimum Gasteiger partial charge on any atom is -0.507 e. The first-order valence-corrected chi connectivity index (χ1v) is 15.1. The molecule has 0 aromatic heterocycles. The first-order valence-electron chi connectivity index (χ1n) is 15.1. The number of ketones is 1. The molecule has 0 bridgehead atoms. The molecule has 9 heteroatoms. The minimum atomic E-state index is -1.10. The molecule has 46 heavy (non-hydrogen) atoms. The lowest BCUT2D eigenvalue weighted by molar-refractivity contribution is -0.119. The van der Waals surface area contributed by atoms with Gasteiger partial charge in [-0.1, -0.05) is 44.9 Å². The van der Waals surface area contributed by atoms with E-state index >= 15 is 0 Å². The van der Waals surface area contributed by atoms with Gasteiger partial charge in [0.05, 0.1) is 32.8 Å². The smallest absolute Gasteiger partial charge is 0.225 e. The molecule has 4 rings (SSSR count). The number of carbonyl (C=O) groups is 2. The SMILES string of the molecule is CCCc1c(-c2cc(F)ccc2OC)ccc(C(=O)CC(C(N)=O)c2ccc(-c3cc(F)ccc3OC)c(CCC)c2OC)c1O. The average Bonchev–Trinajstić information content (AvgIpc) is 3.04. The summed E-state index contributed by atoms with van der Waals surface area (Å²) in [5, 5.41) is 11.4. The molecule has 7 nitrogen and oxygen atoms in total. The van der Waals surface area contributed by atoms with Crippen molar-refractivity contribution in [2.45, 2.75) is 51.9 Å². The van der Waals surface area contributed by atoms with Crippen LogP contribution in [-0.2, 0) is 17.6 Å². The van der Waals surface area contributed by atoms with Crippen LogP contribution >= 0.6 is 0 Å². The van der Waals surface area contributed by atoms with Crippen LogP contribution in [0.15, 0.2) is 60.7 Å². The van der Waals surface area contributed by atoms with Crippen molar-refractivity contribution in [2.24, 2.45) is 5.73 Å². The van der Waals surface area contributed by atoms with E-state index in [-0.39, 0.29) is 17.7 Å².